The lowest BCUT2D eigenvalue weighted by Crippen LogP contribution is -2.33. The van der Waals surface area contributed by atoms with Gasteiger partial charge in [-0.15, -0.1) is 0 Å². The minimum absolute atomic E-state index is 0.152. The van der Waals surface area contributed by atoms with E-state index in [4.69, 9.17) is 0 Å². The number of hydrogen-bond donors (Lipinski definition) is 1. The minimum Gasteiger partial charge on any atom is -0.392 e. The van der Waals surface area contributed by atoms with Crippen LogP contribution in [0.4, 0.5) is 0 Å². The predicted molar refractivity (Wildman–Crippen MR) is 46.5 cm³/mol. The van der Waals surface area contributed by atoms with Crippen LogP contribution in [0.15, 0.2) is 0 Å². The van der Waals surface area contributed by atoms with Gasteiger partial charge in [-0.05, 0) is 25.8 Å². The van der Waals surface area contributed by atoms with E-state index >= 15 is 0 Å². The topological polar surface area (TPSA) is 23.5 Å². The fourth-order valence-electron chi connectivity index (χ4n) is 1.17. The normalized spacial score (nSPS) is 21.3. The molecule has 1 aliphatic rings. The van der Waals surface area contributed by atoms with Crippen molar-refractivity contribution >= 4 is 0 Å². The van der Waals surface area contributed by atoms with Gasteiger partial charge in [0.25, 0.3) is 0 Å². The number of hydrogen-bond acceptors (Lipinski definition) is 2. The van der Waals surface area contributed by atoms with Gasteiger partial charge in [0.1, 0.15) is 0 Å². The third-order valence-electron chi connectivity index (χ3n) is 2.41. The van der Waals surface area contributed by atoms with E-state index in [0.717, 1.165) is 12.6 Å². The van der Waals surface area contributed by atoms with Crippen LogP contribution in [0.25, 0.3) is 0 Å². The van der Waals surface area contributed by atoms with Crippen LogP contribution in [0.2, 0.25) is 0 Å². The summed E-state index contributed by atoms with van der Waals surface area (Å²) in [6, 6.07) is 0.767. The van der Waals surface area contributed by atoms with Crippen molar-refractivity contribution in [1.29, 1.82) is 0 Å². The van der Waals surface area contributed by atoms with E-state index in [0.29, 0.717) is 5.92 Å². The second-order valence-corrected chi connectivity index (χ2v) is 3.98. The van der Waals surface area contributed by atoms with Gasteiger partial charge in [0.05, 0.1) is 6.10 Å². The van der Waals surface area contributed by atoms with Crippen molar-refractivity contribution in [3.63, 3.8) is 0 Å². The summed E-state index contributed by atoms with van der Waals surface area (Å²) in [6.45, 7) is 4.96. The van der Waals surface area contributed by atoms with Gasteiger partial charge in [-0.1, -0.05) is 13.8 Å². The van der Waals surface area contributed by atoms with E-state index in [2.05, 4.69) is 25.8 Å². The molecule has 0 bridgehead atoms. The summed E-state index contributed by atoms with van der Waals surface area (Å²) >= 11 is 0. The van der Waals surface area contributed by atoms with E-state index in [1.165, 1.54) is 12.8 Å². The summed E-state index contributed by atoms with van der Waals surface area (Å²) in [6.07, 6.45) is 2.49. The number of aliphatic hydroxyl groups is 1. The first-order valence-corrected chi connectivity index (χ1v) is 4.49. The summed E-state index contributed by atoms with van der Waals surface area (Å²) < 4.78 is 0. The maximum Gasteiger partial charge on any atom is 0.0689 e. The largest absolute Gasteiger partial charge is 0.392 e. The van der Waals surface area contributed by atoms with Crippen LogP contribution >= 0.6 is 0 Å². The first-order valence-electron chi connectivity index (χ1n) is 4.49. The standard InChI is InChI=1S/C9H19NO/c1-7(2)9(11)6-10(3)8-4-5-8/h7-9,11H,4-6H2,1-3H3. The minimum atomic E-state index is -0.152. The van der Waals surface area contributed by atoms with Gasteiger partial charge >= 0.3 is 0 Å². The maximum absolute atomic E-state index is 9.53. The zero-order chi connectivity index (χ0) is 8.43. The highest BCUT2D eigenvalue weighted by Crippen LogP contribution is 2.25. The molecule has 2 nitrogen and oxygen atoms in total. The van der Waals surface area contributed by atoms with Crippen LogP contribution < -0.4 is 0 Å². The van der Waals surface area contributed by atoms with Crippen molar-refractivity contribution in [3.8, 4) is 0 Å². The van der Waals surface area contributed by atoms with E-state index in [9.17, 15) is 5.11 Å². The molecule has 1 rings (SSSR count). The van der Waals surface area contributed by atoms with Crippen molar-refractivity contribution in [1.82, 2.24) is 4.90 Å². The van der Waals surface area contributed by atoms with Gasteiger partial charge in [-0.3, -0.25) is 0 Å². The molecule has 1 atom stereocenters. The zero-order valence-electron chi connectivity index (χ0n) is 7.75. The monoisotopic (exact) mass is 157 g/mol. The Morgan fingerprint density at radius 2 is 2.00 bits per heavy atom. The van der Waals surface area contributed by atoms with E-state index < -0.39 is 0 Å². The smallest absolute Gasteiger partial charge is 0.0689 e. The molecule has 0 aromatic rings. The Bertz CT molecular complexity index is 115. The number of nitrogens with zero attached hydrogens (tertiary/aromatic N) is 1. The van der Waals surface area contributed by atoms with Crippen LogP contribution in [0.5, 0.6) is 0 Å². The van der Waals surface area contributed by atoms with Gasteiger partial charge in [0.2, 0.25) is 0 Å². The van der Waals surface area contributed by atoms with Crippen molar-refractivity contribution in [2.24, 2.45) is 5.92 Å². The molecule has 0 radical (unpaired) electrons. The predicted octanol–water partition coefficient (Wildman–Crippen LogP) is 1.10. The SMILES string of the molecule is CC(C)C(O)CN(C)C1CC1. The van der Waals surface area contributed by atoms with Crippen molar-refractivity contribution in [3.05, 3.63) is 0 Å². The number of likely N-dealkylation sites (N-methyl/N-ethyl adjacent to an activating group) is 1. The average Bonchev–Trinajstić information content (AvgIpc) is 2.67. The summed E-state index contributed by atoms with van der Waals surface area (Å²) in [5.41, 5.74) is 0. The van der Waals surface area contributed by atoms with Crippen molar-refractivity contribution in [2.75, 3.05) is 13.6 Å². The van der Waals surface area contributed by atoms with Crippen molar-refractivity contribution < 1.29 is 5.11 Å². The Kier molecular flexibility index (Phi) is 2.90. The molecule has 0 spiro atoms. The summed E-state index contributed by atoms with van der Waals surface area (Å²) in [7, 11) is 2.10. The first kappa shape index (κ1) is 9.01. The third kappa shape index (κ3) is 2.80. The average molecular weight is 157 g/mol. The van der Waals surface area contributed by atoms with Crippen LogP contribution in [-0.4, -0.2) is 35.7 Å². The molecule has 0 aromatic carbocycles. The van der Waals surface area contributed by atoms with Crippen LogP contribution in [0.3, 0.4) is 0 Å². The lowest BCUT2D eigenvalue weighted by molar-refractivity contribution is 0.0836. The van der Waals surface area contributed by atoms with Gasteiger partial charge in [-0.2, -0.15) is 0 Å². The highest BCUT2D eigenvalue weighted by Gasteiger charge is 2.27. The molecule has 2 heteroatoms. The molecule has 1 aliphatic carbocycles. The lowest BCUT2D eigenvalue weighted by atomic mass is 10.1. The summed E-state index contributed by atoms with van der Waals surface area (Å²) in [4.78, 5) is 2.27. The molecule has 0 amide bonds. The Hall–Kier alpha value is -0.0800. The van der Waals surface area contributed by atoms with Gasteiger partial charge < -0.3 is 10.0 Å². The van der Waals surface area contributed by atoms with E-state index in [1.54, 1.807) is 0 Å². The fraction of sp³-hybridized carbons (Fsp3) is 1.00. The van der Waals surface area contributed by atoms with Crippen LogP contribution in [-0.2, 0) is 0 Å². The summed E-state index contributed by atoms with van der Waals surface area (Å²) in [5.74, 6) is 0.385. The quantitative estimate of drug-likeness (QED) is 0.660. The Morgan fingerprint density at radius 3 is 2.36 bits per heavy atom. The van der Waals surface area contributed by atoms with Gasteiger partial charge in [-0.25, -0.2) is 0 Å². The first-order chi connectivity index (χ1) is 5.11. The van der Waals surface area contributed by atoms with Gasteiger partial charge in [0, 0.05) is 12.6 Å². The van der Waals surface area contributed by atoms with Gasteiger partial charge in [0.15, 0.2) is 0 Å². The molecule has 1 unspecified atom stereocenters. The van der Waals surface area contributed by atoms with E-state index in [1.807, 2.05) is 0 Å². The third-order valence-corrected chi connectivity index (χ3v) is 2.41. The highest BCUT2D eigenvalue weighted by molar-refractivity contribution is 4.83. The Morgan fingerprint density at radius 1 is 1.45 bits per heavy atom. The second-order valence-electron chi connectivity index (χ2n) is 3.98. The maximum atomic E-state index is 9.53. The lowest BCUT2D eigenvalue weighted by Gasteiger charge is -2.22. The zero-order valence-corrected chi connectivity index (χ0v) is 7.75. The molecule has 66 valence electrons. The Balaban J connectivity index is 2.17. The molecule has 0 saturated heterocycles. The molecule has 1 saturated carbocycles. The molecular formula is C9H19NO. The van der Waals surface area contributed by atoms with E-state index in [-0.39, 0.29) is 6.10 Å². The van der Waals surface area contributed by atoms with Crippen molar-refractivity contribution in [2.45, 2.75) is 38.8 Å². The fourth-order valence-corrected chi connectivity index (χ4v) is 1.17. The molecule has 1 N–H and O–H groups in total. The highest BCUT2D eigenvalue weighted by atomic mass is 16.3. The molecule has 1 fully saturated rings. The summed E-state index contributed by atoms with van der Waals surface area (Å²) in [5, 5.41) is 9.53. The van der Waals surface area contributed by atoms with Crippen LogP contribution in [0, 0.1) is 5.92 Å². The molecule has 0 aromatic heterocycles. The molecule has 11 heavy (non-hydrogen) atoms. The second kappa shape index (κ2) is 3.55. The Labute approximate surface area is 69.2 Å². The van der Waals surface area contributed by atoms with Crippen LogP contribution in [0.1, 0.15) is 26.7 Å². The molecular weight excluding hydrogens is 138 g/mol. The number of rotatable bonds is 4. The number of aliphatic hydroxyl groups excluding tert-OH is 1. The molecule has 0 heterocycles. The molecule has 0 aliphatic heterocycles.